The quantitative estimate of drug-likeness (QED) is 0.374. The summed E-state index contributed by atoms with van der Waals surface area (Å²) in [7, 11) is -1.75. The van der Waals surface area contributed by atoms with Crippen molar-refractivity contribution in [2.24, 2.45) is 0 Å². The molecule has 1 aliphatic rings. The molecule has 1 aromatic heterocycles. The first-order valence-corrected chi connectivity index (χ1v) is 12.1. The van der Waals surface area contributed by atoms with E-state index < -0.39 is 10.1 Å². The summed E-state index contributed by atoms with van der Waals surface area (Å²) >= 11 is 0. The summed E-state index contributed by atoms with van der Waals surface area (Å²) in [6.45, 7) is 0.922. The Morgan fingerprint density at radius 1 is 1.19 bits per heavy atom. The van der Waals surface area contributed by atoms with Gasteiger partial charge < -0.3 is 10.6 Å². The molecule has 1 amide bonds. The predicted molar refractivity (Wildman–Crippen MR) is 121 cm³/mol. The Kier molecular flexibility index (Phi) is 9.35. The summed E-state index contributed by atoms with van der Waals surface area (Å²) in [4.78, 5) is 24.1. The minimum absolute atomic E-state index is 0.0229. The van der Waals surface area contributed by atoms with Crippen LogP contribution in [0.2, 0.25) is 0 Å². The number of rotatable bonds is 7. The van der Waals surface area contributed by atoms with Gasteiger partial charge >= 0.3 is 0 Å². The van der Waals surface area contributed by atoms with Gasteiger partial charge in [-0.3, -0.25) is 14.1 Å². The standard InChI is InChI=1S/C20H26N4O2.CH4O3S/c1-21-12-5-4-11-18(25)22-15-8-6-7-14(13-15)19-16-9-2-3-10-17(16)20(26)24-23-19;1-5(2,3)4/h6-8,13,21H,2-5,9-12H2,1H3,(H,22,25)(H,24,26);1H3,(H,2,3,4). The van der Waals surface area contributed by atoms with Crippen LogP contribution < -0.4 is 16.2 Å². The molecule has 31 heavy (non-hydrogen) atoms. The molecule has 0 bridgehead atoms. The van der Waals surface area contributed by atoms with Crippen LogP contribution in [-0.4, -0.2) is 48.9 Å². The molecule has 0 fully saturated rings. The molecule has 1 aliphatic carbocycles. The van der Waals surface area contributed by atoms with Gasteiger partial charge in [-0.25, -0.2) is 5.10 Å². The molecule has 0 saturated carbocycles. The molecule has 0 radical (unpaired) electrons. The number of carbonyl (C=O) groups is 1. The van der Waals surface area contributed by atoms with Crippen LogP contribution in [0.15, 0.2) is 29.1 Å². The molecule has 0 aliphatic heterocycles. The first kappa shape index (κ1) is 24.7. The number of hydrogen-bond acceptors (Lipinski definition) is 6. The number of aromatic nitrogens is 2. The predicted octanol–water partition coefficient (Wildman–Crippen LogP) is 2.15. The van der Waals surface area contributed by atoms with Crippen molar-refractivity contribution in [2.75, 3.05) is 25.2 Å². The average molecular weight is 451 g/mol. The van der Waals surface area contributed by atoms with Crippen LogP contribution in [-0.2, 0) is 27.8 Å². The first-order chi connectivity index (χ1) is 14.7. The Hall–Kier alpha value is -2.56. The number of benzene rings is 1. The van der Waals surface area contributed by atoms with Gasteiger partial charge in [-0.05, 0) is 69.8 Å². The average Bonchev–Trinajstić information content (AvgIpc) is 2.71. The van der Waals surface area contributed by atoms with Crippen molar-refractivity contribution in [1.82, 2.24) is 15.5 Å². The van der Waals surface area contributed by atoms with Gasteiger partial charge in [-0.1, -0.05) is 12.1 Å². The van der Waals surface area contributed by atoms with Crippen LogP contribution in [0.4, 0.5) is 5.69 Å². The molecule has 170 valence electrons. The Balaban J connectivity index is 0.000000614. The van der Waals surface area contributed by atoms with Gasteiger partial charge in [-0.2, -0.15) is 13.5 Å². The summed E-state index contributed by atoms with van der Waals surface area (Å²) in [5, 5.41) is 13.0. The molecule has 10 heteroatoms. The van der Waals surface area contributed by atoms with E-state index in [-0.39, 0.29) is 11.5 Å². The summed E-state index contributed by atoms with van der Waals surface area (Å²) in [6, 6.07) is 7.69. The number of anilines is 1. The summed E-state index contributed by atoms with van der Waals surface area (Å²) in [5.74, 6) is 0.0229. The lowest BCUT2D eigenvalue weighted by Crippen LogP contribution is -2.21. The zero-order valence-electron chi connectivity index (χ0n) is 17.9. The molecule has 0 atom stereocenters. The summed E-state index contributed by atoms with van der Waals surface area (Å²) in [5.41, 5.74) is 4.35. The van der Waals surface area contributed by atoms with Crippen LogP contribution in [0.3, 0.4) is 0 Å². The Bertz CT molecular complexity index is 1040. The fourth-order valence-electron chi connectivity index (χ4n) is 3.45. The number of fused-ring (bicyclic) bond motifs is 1. The number of hydrogen-bond donors (Lipinski definition) is 4. The fraction of sp³-hybridized carbons (Fsp3) is 0.476. The van der Waals surface area contributed by atoms with Crippen molar-refractivity contribution in [3.8, 4) is 11.3 Å². The second-order valence-corrected chi connectivity index (χ2v) is 8.95. The van der Waals surface area contributed by atoms with Gasteiger partial charge in [0.2, 0.25) is 5.91 Å². The number of carbonyl (C=O) groups excluding carboxylic acids is 1. The van der Waals surface area contributed by atoms with Crippen molar-refractivity contribution < 1.29 is 17.8 Å². The van der Waals surface area contributed by atoms with Gasteiger partial charge in [0.25, 0.3) is 15.7 Å². The van der Waals surface area contributed by atoms with Crippen molar-refractivity contribution in [2.45, 2.75) is 44.9 Å². The van der Waals surface area contributed by atoms with E-state index in [1.165, 1.54) is 0 Å². The van der Waals surface area contributed by atoms with E-state index in [0.717, 1.165) is 73.1 Å². The lowest BCUT2D eigenvalue weighted by Gasteiger charge is -2.17. The molecule has 2 aromatic rings. The lowest BCUT2D eigenvalue weighted by atomic mass is 9.90. The topological polar surface area (TPSA) is 141 Å². The largest absolute Gasteiger partial charge is 0.326 e. The molecular weight excluding hydrogens is 420 g/mol. The van der Waals surface area contributed by atoms with E-state index >= 15 is 0 Å². The summed E-state index contributed by atoms with van der Waals surface area (Å²) < 4.78 is 25.9. The number of unbranched alkanes of at least 4 members (excludes halogenated alkanes) is 1. The molecule has 1 aromatic carbocycles. The smallest absolute Gasteiger partial charge is 0.267 e. The lowest BCUT2D eigenvalue weighted by molar-refractivity contribution is -0.116. The van der Waals surface area contributed by atoms with Crippen LogP contribution in [0.1, 0.15) is 43.2 Å². The van der Waals surface area contributed by atoms with E-state index in [9.17, 15) is 18.0 Å². The van der Waals surface area contributed by atoms with Gasteiger partial charge in [0.05, 0.1) is 11.9 Å². The van der Waals surface area contributed by atoms with Gasteiger partial charge in [0, 0.05) is 23.2 Å². The minimum atomic E-state index is -3.67. The van der Waals surface area contributed by atoms with Crippen molar-refractivity contribution in [3.05, 3.63) is 45.7 Å². The molecule has 0 unspecified atom stereocenters. The zero-order valence-corrected chi connectivity index (χ0v) is 18.7. The summed E-state index contributed by atoms with van der Waals surface area (Å²) in [6.07, 6.45) is 6.88. The highest BCUT2D eigenvalue weighted by atomic mass is 32.2. The highest BCUT2D eigenvalue weighted by Crippen LogP contribution is 2.29. The molecule has 0 saturated heterocycles. The fourth-order valence-corrected chi connectivity index (χ4v) is 3.45. The third-order valence-electron chi connectivity index (χ3n) is 4.80. The molecule has 4 N–H and O–H groups in total. The minimum Gasteiger partial charge on any atom is -0.326 e. The first-order valence-electron chi connectivity index (χ1n) is 10.3. The highest BCUT2D eigenvalue weighted by molar-refractivity contribution is 7.85. The number of nitrogens with zero attached hydrogens (tertiary/aromatic N) is 1. The third-order valence-corrected chi connectivity index (χ3v) is 4.80. The van der Waals surface area contributed by atoms with Gasteiger partial charge in [-0.15, -0.1) is 0 Å². The second-order valence-electron chi connectivity index (χ2n) is 7.49. The molecule has 3 rings (SSSR count). The normalized spacial score (nSPS) is 13.0. The van der Waals surface area contributed by atoms with Crippen LogP contribution >= 0.6 is 0 Å². The Labute approximate surface area is 182 Å². The maximum absolute atomic E-state index is 12.1. The SMILES string of the molecule is CNCCCCC(=O)Nc1cccc(-c2n[nH]c(=O)c3c2CCCC3)c1.CS(=O)(=O)O. The number of nitrogens with one attached hydrogen (secondary N) is 3. The van der Waals surface area contributed by atoms with Gasteiger partial charge in [0.15, 0.2) is 0 Å². The molecule has 9 nitrogen and oxygen atoms in total. The van der Waals surface area contributed by atoms with Crippen LogP contribution in [0.5, 0.6) is 0 Å². The number of amides is 1. The van der Waals surface area contributed by atoms with Crippen LogP contribution in [0.25, 0.3) is 11.3 Å². The Morgan fingerprint density at radius 2 is 1.87 bits per heavy atom. The maximum atomic E-state index is 12.1. The molecule has 1 heterocycles. The van der Waals surface area contributed by atoms with E-state index in [1.54, 1.807) is 0 Å². The third kappa shape index (κ3) is 8.60. The van der Waals surface area contributed by atoms with E-state index in [1.807, 2.05) is 31.3 Å². The molecular formula is C21H30N4O5S. The number of aromatic amines is 1. The number of H-pyrrole nitrogens is 1. The second kappa shape index (κ2) is 11.7. The van der Waals surface area contributed by atoms with E-state index in [0.29, 0.717) is 12.7 Å². The van der Waals surface area contributed by atoms with Gasteiger partial charge in [0.1, 0.15) is 0 Å². The van der Waals surface area contributed by atoms with Crippen molar-refractivity contribution >= 4 is 21.7 Å². The van der Waals surface area contributed by atoms with Crippen molar-refractivity contribution in [3.63, 3.8) is 0 Å². The van der Waals surface area contributed by atoms with E-state index in [2.05, 4.69) is 20.8 Å². The van der Waals surface area contributed by atoms with E-state index in [4.69, 9.17) is 4.55 Å². The van der Waals surface area contributed by atoms with Crippen LogP contribution in [0, 0.1) is 0 Å². The maximum Gasteiger partial charge on any atom is 0.267 e. The highest BCUT2D eigenvalue weighted by Gasteiger charge is 2.19. The Morgan fingerprint density at radius 3 is 2.55 bits per heavy atom. The monoisotopic (exact) mass is 450 g/mol. The zero-order chi connectivity index (χ0) is 22.9. The molecule has 0 spiro atoms. The van der Waals surface area contributed by atoms with Crippen molar-refractivity contribution in [1.29, 1.82) is 0 Å².